The number of benzene rings is 1. The van der Waals surface area contributed by atoms with Crippen LogP contribution in [0, 0.1) is 6.92 Å². The summed E-state index contributed by atoms with van der Waals surface area (Å²) >= 11 is 2.39. The van der Waals surface area contributed by atoms with Gasteiger partial charge in [-0.2, -0.15) is 0 Å². The molecule has 8 nitrogen and oxygen atoms in total. The summed E-state index contributed by atoms with van der Waals surface area (Å²) in [5, 5.41) is 7.92. The van der Waals surface area contributed by atoms with Crippen LogP contribution in [0.3, 0.4) is 0 Å². The van der Waals surface area contributed by atoms with Gasteiger partial charge in [0.15, 0.2) is 10.3 Å². The molecule has 3 amide bonds. The minimum atomic E-state index is -0.297. The number of hydrogen-bond donors (Lipinski definition) is 2. The fourth-order valence-corrected chi connectivity index (χ4v) is 4.09. The quantitative estimate of drug-likeness (QED) is 0.627. The molecule has 0 saturated heterocycles. The van der Waals surface area contributed by atoms with Crippen molar-refractivity contribution in [3.63, 3.8) is 0 Å². The van der Waals surface area contributed by atoms with Gasteiger partial charge in [-0.15, -0.1) is 11.3 Å². The van der Waals surface area contributed by atoms with Gasteiger partial charge in [0.25, 0.3) is 11.8 Å². The molecule has 2 heterocycles. The Morgan fingerprint density at radius 2 is 1.76 bits per heavy atom. The van der Waals surface area contributed by atoms with Gasteiger partial charge in [0.05, 0.1) is 17.8 Å². The van der Waals surface area contributed by atoms with Crippen molar-refractivity contribution in [2.75, 3.05) is 24.7 Å². The van der Waals surface area contributed by atoms with Gasteiger partial charge in [0.2, 0.25) is 5.91 Å². The van der Waals surface area contributed by atoms with Crippen LogP contribution in [-0.4, -0.2) is 46.7 Å². The van der Waals surface area contributed by atoms with Crippen molar-refractivity contribution in [3.8, 4) is 0 Å². The number of rotatable bonds is 6. The first kappa shape index (κ1) is 20.6. The van der Waals surface area contributed by atoms with Gasteiger partial charge in [-0.05, 0) is 19.1 Å². The van der Waals surface area contributed by atoms with Crippen molar-refractivity contribution in [1.82, 2.24) is 14.9 Å². The summed E-state index contributed by atoms with van der Waals surface area (Å²) in [6.45, 7) is 1.73. The first-order chi connectivity index (χ1) is 13.8. The topological polar surface area (TPSA) is 104 Å². The molecule has 0 unspecified atom stereocenters. The van der Waals surface area contributed by atoms with Crippen LogP contribution in [0.15, 0.2) is 35.7 Å². The number of aromatic nitrogens is 2. The van der Waals surface area contributed by atoms with Gasteiger partial charge in [0.1, 0.15) is 4.88 Å². The van der Waals surface area contributed by atoms with Crippen LogP contribution < -0.4 is 10.6 Å². The summed E-state index contributed by atoms with van der Waals surface area (Å²) < 4.78 is 0. The maximum Gasteiger partial charge on any atom is 0.265 e. The lowest BCUT2D eigenvalue weighted by atomic mass is 10.2. The van der Waals surface area contributed by atoms with E-state index in [2.05, 4.69) is 20.6 Å². The zero-order chi connectivity index (χ0) is 21.0. The van der Waals surface area contributed by atoms with E-state index < -0.39 is 0 Å². The highest BCUT2D eigenvalue weighted by Crippen LogP contribution is 2.24. The molecule has 0 radical (unpaired) electrons. The zero-order valence-electron chi connectivity index (χ0n) is 16.1. The number of aryl methyl sites for hydroxylation is 1. The van der Waals surface area contributed by atoms with Crippen LogP contribution in [0.5, 0.6) is 0 Å². The third kappa shape index (κ3) is 5.24. The van der Waals surface area contributed by atoms with Crippen LogP contribution >= 0.6 is 22.7 Å². The fraction of sp³-hybridized carbons (Fsp3) is 0.211. The van der Waals surface area contributed by atoms with E-state index in [4.69, 9.17) is 0 Å². The van der Waals surface area contributed by atoms with E-state index in [0.29, 0.717) is 32.1 Å². The van der Waals surface area contributed by atoms with Gasteiger partial charge < -0.3 is 10.2 Å². The predicted octanol–water partition coefficient (Wildman–Crippen LogP) is 3.04. The van der Waals surface area contributed by atoms with Crippen molar-refractivity contribution < 1.29 is 14.4 Å². The second kappa shape index (κ2) is 8.93. The van der Waals surface area contributed by atoms with E-state index in [9.17, 15) is 14.4 Å². The number of anilines is 2. The second-order valence-corrected chi connectivity index (χ2v) is 8.18. The summed E-state index contributed by atoms with van der Waals surface area (Å²) in [6.07, 6.45) is 0.0350. The molecule has 0 spiro atoms. The second-order valence-electron chi connectivity index (χ2n) is 6.32. The summed E-state index contributed by atoms with van der Waals surface area (Å²) in [7, 11) is 3.33. The number of amides is 3. The molecule has 1 aromatic carbocycles. The van der Waals surface area contributed by atoms with Crippen molar-refractivity contribution in [1.29, 1.82) is 0 Å². The number of nitrogens with one attached hydrogen (secondary N) is 2. The molecule has 0 aliphatic rings. The van der Waals surface area contributed by atoms with Gasteiger partial charge in [-0.1, -0.05) is 29.5 Å². The van der Waals surface area contributed by atoms with Crippen LogP contribution in [0.1, 0.15) is 31.4 Å². The monoisotopic (exact) mass is 429 g/mol. The molecule has 0 fully saturated rings. The fourth-order valence-electron chi connectivity index (χ4n) is 2.38. The minimum absolute atomic E-state index is 0.0350. The Bertz CT molecular complexity index is 1040. The Morgan fingerprint density at radius 3 is 2.45 bits per heavy atom. The number of thiazole rings is 2. The van der Waals surface area contributed by atoms with Crippen LogP contribution in [-0.2, 0) is 11.2 Å². The highest BCUT2D eigenvalue weighted by molar-refractivity contribution is 7.17. The highest BCUT2D eigenvalue weighted by atomic mass is 32.1. The first-order valence-corrected chi connectivity index (χ1v) is 10.3. The Morgan fingerprint density at radius 1 is 1.03 bits per heavy atom. The number of hydrogen-bond acceptors (Lipinski definition) is 7. The van der Waals surface area contributed by atoms with Crippen molar-refractivity contribution >= 4 is 50.7 Å². The summed E-state index contributed by atoms with van der Waals surface area (Å²) in [5.41, 5.74) is 1.64. The first-order valence-electron chi connectivity index (χ1n) is 8.63. The van der Waals surface area contributed by atoms with Crippen molar-refractivity contribution in [2.45, 2.75) is 13.3 Å². The lowest BCUT2D eigenvalue weighted by Crippen LogP contribution is -2.21. The molecule has 29 heavy (non-hydrogen) atoms. The lowest BCUT2D eigenvalue weighted by Gasteiger charge is -2.07. The van der Waals surface area contributed by atoms with E-state index in [0.717, 1.165) is 11.3 Å². The number of carbonyl (C=O) groups excluding carboxylic acids is 3. The molecule has 3 aromatic rings. The standard InChI is InChI=1S/C19H19N5O3S2/c1-11-15(17(27)24(2)3)29-19(20-11)22-14(25)9-13-10-28-18(21-13)23-16(26)12-7-5-4-6-8-12/h4-8,10H,9H2,1-3H3,(H,20,22,25)(H,21,23,26). The van der Waals surface area contributed by atoms with Crippen LogP contribution in [0.2, 0.25) is 0 Å². The molecular weight excluding hydrogens is 410 g/mol. The van der Waals surface area contributed by atoms with E-state index >= 15 is 0 Å². The highest BCUT2D eigenvalue weighted by Gasteiger charge is 2.18. The van der Waals surface area contributed by atoms with Crippen LogP contribution in [0.4, 0.5) is 10.3 Å². The van der Waals surface area contributed by atoms with Gasteiger partial charge in [0, 0.05) is 25.0 Å². The number of carbonyl (C=O) groups is 3. The van der Waals surface area contributed by atoms with Gasteiger partial charge in [-0.3, -0.25) is 19.7 Å². The van der Waals surface area contributed by atoms with Gasteiger partial charge >= 0.3 is 0 Å². The molecule has 0 bridgehead atoms. The summed E-state index contributed by atoms with van der Waals surface area (Å²) in [5.74, 6) is -0.708. The molecule has 0 saturated carbocycles. The molecule has 0 aliphatic heterocycles. The Labute approximate surface area is 175 Å². The molecule has 10 heteroatoms. The smallest absolute Gasteiger partial charge is 0.265 e. The largest absolute Gasteiger partial charge is 0.344 e. The third-order valence-corrected chi connectivity index (χ3v) is 5.66. The number of nitrogens with zero attached hydrogens (tertiary/aromatic N) is 3. The predicted molar refractivity (Wildman–Crippen MR) is 114 cm³/mol. The maximum atomic E-state index is 12.3. The van der Waals surface area contributed by atoms with Crippen molar-refractivity contribution in [2.24, 2.45) is 0 Å². The summed E-state index contributed by atoms with van der Waals surface area (Å²) in [4.78, 5) is 47.0. The average molecular weight is 430 g/mol. The van der Waals surface area contributed by atoms with Gasteiger partial charge in [-0.25, -0.2) is 9.97 Å². The Kier molecular flexibility index (Phi) is 6.35. The van der Waals surface area contributed by atoms with E-state index in [1.807, 2.05) is 6.07 Å². The third-order valence-electron chi connectivity index (χ3n) is 3.79. The Balaban J connectivity index is 1.59. The molecule has 2 aromatic heterocycles. The maximum absolute atomic E-state index is 12.3. The molecule has 2 N–H and O–H groups in total. The molecule has 150 valence electrons. The Hall–Kier alpha value is -3.11. The van der Waals surface area contributed by atoms with E-state index in [1.165, 1.54) is 16.2 Å². The van der Waals surface area contributed by atoms with Crippen LogP contribution in [0.25, 0.3) is 0 Å². The van der Waals surface area contributed by atoms with E-state index in [1.54, 1.807) is 50.7 Å². The van der Waals surface area contributed by atoms with E-state index in [-0.39, 0.29) is 24.1 Å². The molecule has 0 aliphatic carbocycles. The SMILES string of the molecule is Cc1nc(NC(=O)Cc2csc(NC(=O)c3ccccc3)n2)sc1C(=O)N(C)C. The van der Waals surface area contributed by atoms with Crippen molar-refractivity contribution in [3.05, 3.63) is 57.5 Å². The molecule has 3 rings (SSSR count). The molecule has 0 atom stereocenters. The lowest BCUT2D eigenvalue weighted by molar-refractivity contribution is -0.115. The minimum Gasteiger partial charge on any atom is -0.344 e. The average Bonchev–Trinajstić information content (AvgIpc) is 3.27. The summed E-state index contributed by atoms with van der Waals surface area (Å²) in [6, 6.07) is 8.82. The normalized spacial score (nSPS) is 10.4. The molecular formula is C19H19N5O3S2. The zero-order valence-corrected chi connectivity index (χ0v) is 17.7.